The monoisotopic (exact) mass is 472 g/mol. The number of cyclic esters (lactones) is 1. The summed E-state index contributed by atoms with van der Waals surface area (Å²) < 4.78 is 12.1. The summed E-state index contributed by atoms with van der Waals surface area (Å²) in [6.45, 7) is 1.89. The normalized spacial score (nSPS) is 35.1. The molecule has 1 aromatic carbocycles. The number of β-amino-alcohol motifs (C(OH)–C–C–N with tert-alkyl or cyclic N) is 1. The van der Waals surface area contributed by atoms with Gasteiger partial charge in [-0.15, -0.1) is 0 Å². The van der Waals surface area contributed by atoms with Crippen LogP contribution in [0.25, 0.3) is 0 Å². The largest absolute Gasteiger partial charge is 0.461 e. The number of aliphatic hydroxyl groups excluding tert-OH is 1. The van der Waals surface area contributed by atoms with Gasteiger partial charge in [0.1, 0.15) is 29.8 Å². The second-order valence-electron chi connectivity index (χ2n) is 8.74. The molecule has 8 nitrogen and oxygen atoms in total. The van der Waals surface area contributed by atoms with Crippen LogP contribution in [-0.4, -0.2) is 71.3 Å². The van der Waals surface area contributed by atoms with Gasteiger partial charge in [-0.05, 0) is 36.8 Å². The molecule has 2 fully saturated rings. The highest BCUT2D eigenvalue weighted by molar-refractivity contribution is 6.30. The number of carbonyl (C=O) groups is 3. The lowest BCUT2D eigenvalue weighted by molar-refractivity contribution is -0.157. The Hall–Kier alpha value is -2.68. The predicted molar refractivity (Wildman–Crippen MR) is 119 cm³/mol. The second-order valence-corrected chi connectivity index (χ2v) is 9.17. The Labute approximate surface area is 196 Å². The molecular weight excluding hydrogens is 448 g/mol. The number of likely N-dealkylation sites (tertiary alicyclic amines) is 1. The number of halogens is 1. The fourth-order valence-corrected chi connectivity index (χ4v) is 5.92. The molecule has 33 heavy (non-hydrogen) atoms. The first-order chi connectivity index (χ1) is 15.9. The van der Waals surface area contributed by atoms with Gasteiger partial charge in [-0.3, -0.25) is 14.4 Å². The van der Waals surface area contributed by atoms with Crippen molar-refractivity contribution in [3.63, 3.8) is 0 Å². The number of benzene rings is 1. The molecule has 1 aromatic rings. The highest BCUT2D eigenvalue weighted by Gasteiger charge is 2.75. The number of hydrogen-bond donors (Lipinski definition) is 1. The highest BCUT2D eigenvalue weighted by atomic mass is 35.5. The number of nitrogens with zero attached hydrogens (tertiary/aromatic N) is 2. The van der Waals surface area contributed by atoms with Crippen LogP contribution in [0.3, 0.4) is 0 Å². The number of rotatable bonds is 4. The van der Waals surface area contributed by atoms with E-state index < -0.39 is 41.0 Å². The molecule has 0 radical (unpaired) electrons. The van der Waals surface area contributed by atoms with Crippen molar-refractivity contribution in [3.8, 4) is 0 Å². The maximum atomic E-state index is 14.0. The molecule has 4 heterocycles. The fraction of sp³-hybridized carbons (Fsp3) is 0.458. The highest BCUT2D eigenvalue weighted by Crippen LogP contribution is 2.58. The first-order valence-corrected chi connectivity index (χ1v) is 11.5. The molecule has 9 heteroatoms. The van der Waals surface area contributed by atoms with Crippen molar-refractivity contribution in [1.82, 2.24) is 4.90 Å². The maximum Gasteiger partial charge on any atom is 0.313 e. The molecule has 5 rings (SSSR count). The average Bonchev–Trinajstić information content (AvgIpc) is 3.07. The van der Waals surface area contributed by atoms with E-state index in [0.29, 0.717) is 17.1 Å². The molecule has 174 valence electrons. The minimum Gasteiger partial charge on any atom is -0.461 e. The first-order valence-electron chi connectivity index (χ1n) is 11.1. The molecule has 1 spiro atoms. The Balaban J connectivity index is 1.66. The van der Waals surface area contributed by atoms with Gasteiger partial charge in [0.2, 0.25) is 5.91 Å². The molecule has 1 N–H and O–H groups in total. The summed E-state index contributed by atoms with van der Waals surface area (Å²) in [5, 5.41) is 10.2. The van der Waals surface area contributed by atoms with Gasteiger partial charge in [0.05, 0.1) is 12.5 Å². The lowest BCUT2D eigenvalue weighted by Gasteiger charge is -2.38. The smallest absolute Gasteiger partial charge is 0.313 e. The molecule has 2 saturated heterocycles. The Bertz CT molecular complexity index is 1060. The van der Waals surface area contributed by atoms with E-state index in [4.69, 9.17) is 21.1 Å². The Morgan fingerprint density at radius 1 is 1.09 bits per heavy atom. The number of esters is 1. The molecule has 1 unspecified atom stereocenters. The van der Waals surface area contributed by atoms with Gasteiger partial charge >= 0.3 is 5.97 Å². The molecule has 0 saturated carbocycles. The zero-order valence-electron chi connectivity index (χ0n) is 18.1. The fourth-order valence-electron chi connectivity index (χ4n) is 5.80. The van der Waals surface area contributed by atoms with E-state index in [1.165, 1.54) is 4.90 Å². The van der Waals surface area contributed by atoms with Crippen LogP contribution in [0, 0.1) is 11.8 Å². The van der Waals surface area contributed by atoms with Crippen LogP contribution in [-0.2, 0) is 23.9 Å². The number of amides is 2. The van der Waals surface area contributed by atoms with Gasteiger partial charge in [0.25, 0.3) is 5.91 Å². The van der Waals surface area contributed by atoms with Gasteiger partial charge in [-0.25, -0.2) is 0 Å². The summed E-state index contributed by atoms with van der Waals surface area (Å²) in [7, 11) is 0. The first kappa shape index (κ1) is 22.1. The van der Waals surface area contributed by atoms with E-state index in [1.807, 2.05) is 6.92 Å². The molecular formula is C24H25ClN2O6. The van der Waals surface area contributed by atoms with E-state index in [1.54, 1.807) is 53.5 Å². The summed E-state index contributed by atoms with van der Waals surface area (Å²) in [5.41, 5.74) is -1.79. The van der Waals surface area contributed by atoms with Crippen molar-refractivity contribution < 1.29 is 29.0 Å². The van der Waals surface area contributed by atoms with E-state index in [0.717, 1.165) is 0 Å². The third kappa shape index (κ3) is 3.08. The van der Waals surface area contributed by atoms with Gasteiger partial charge in [-0.1, -0.05) is 36.8 Å². The van der Waals surface area contributed by atoms with Crippen molar-refractivity contribution in [3.05, 3.63) is 53.6 Å². The third-order valence-electron chi connectivity index (χ3n) is 7.17. The number of carbonyl (C=O) groups excluding carboxylic acids is 3. The van der Waals surface area contributed by atoms with Crippen LogP contribution in [0.1, 0.15) is 13.3 Å². The van der Waals surface area contributed by atoms with Crippen LogP contribution in [0.5, 0.6) is 0 Å². The topological polar surface area (TPSA) is 96.4 Å². The lowest BCUT2D eigenvalue weighted by Crippen LogP contribution is -2.56. The zero-order valence-corrected chi connectivity index (χ0v) is 18.9. The van der Waals surface area contributed by atoms with Gasteiger partial charge < -0.3 is 24.4 Å². The van der Waals surface area contributed by atoms with Crippen LogP contribution in [0.4, 0.5) is 5.69 Å². The minimum atomic E-state index is -1.36. The quantitative estimate of drug-likeness (QED) is 0.529. The van der Waals surface area contributed by atoms with Crippen LogP contribution in [0.2, 0.25) is 5.02 Å². The molecule has 0 aromatic heterocycles. The van der Waals surface area contributed by atoms with E-state index in [2.05, 4.69) is 0 Å². The Morgan fingerprint density at radius 2 is 1.85 bits per heavy atom. The molecule has 0 aliphatic carbocycles. The molecule has 5 atom stereocenters. The Kier molecular flexibility index (Phi) is 5.34. The Morgan fingerprint density at radius 3 is 2.55 bits per heavy atom. The van der Waals surface area contributed by atoms with Crippen LogP contribution in [0.15, 0.2) is 48.6 Å². The molecule has 4 aliphatic rings. The summed E-state index contributed by atoms with van der Waals surface area (Å²) in [4.78, 5) is 43.7. The average molecular weight is 473 g/mol. The van der Waals surface area contributed by atoms with Crippen LogP contribution >= 0.6 is 11.6 Å². The number of hydrogen-bond acceptors (Lipinski definition) is 6. The molecule has 4 aliphatic heterocycles. The maximum absolute atomic E-state index is 14.0. The molecule has 2 amide bonds. The predicted octanol–water partition coefficient (Wildman–Crippen LogP) is 1.71. The number of ether oxygens (including phenoxy) is 2. The van der Waals surface area contributed by atoms with Gasteiger partial charge in [-0.2, -0.15) is 0 Å². The summed E-state index contributed by atoms with van der Waals surface area (Å²) in [5.74, 6) is -3.07. The van der Waals surface area contributed by atoms with Crippen molar-refractivity contribution in [2.45, 2.75) is 30.6 Å². The summed E-state index contributed by atoms with van der Waals surface area (Å²) in [6.07, 6.45) is 7.53. The summed E-state index contributed by atoms with van der Waals surface area (Å²) >= 11 is 6.02. The SMILES string of the molecule is CC[C@]12C=CCOC(=O)[C@H]1[C@H]1C(=O)N(CCO)C3C(=O)N(c4ccc(Cl)cc4)CC=C[C@@]31O2. The number of aliphatic hydroxyl groups is 1. The zero-order chi connectivity index (χ0) is 23.4. The standard InChI is InChI=1S/C24H25ClN2O6/c1-2-23-9-4-14-32-22(31)18(23)17-20(29)27(12-13-28)19-21(30)26(11-3-10-24(17,19)33-23)16-7-5-15(25)6-8-16/h3-10,17-19,28H,2,11-14H2,1H3/t17-,18+,19?,23-,24-/m0/s1. The number of fused-ring (bicyclic) bond motifs is 2. The van der Waals surface area contributed by atoms with E-state index in [9.17, 15) is 19.5 Å². The third-order valence-corrected chi connectivity index (χ3v) is 7.43. The van der Waals surface area contributed by atoms with Crippen molar-refractivity contribution in [2.24, 2.45) is 11.8 Å². The molecule has 0 bridgehead atoms. The van der Waals surface area contributed by atoms with Gasteiger partial charge in [0, 0.05) is 23.8 Å². The van der Waals surface area contributed by atoms with E-state index >= 15 is 0 Å². The minimum absolute atomic E-state index is 0.0458. The van der Waals surface area contributed by atoms with E-state index in [-0.39, 0.29) is 32.2 Å². The van der Waals surface area contributed by atoms with Crippen molar-refractivity contribution in [1.29, 1.82) is 0 Å². The lowest BCUT2D eigenvalue weighted by atomic mass is 9.73. The summed E-state index contributed by atoms with van der Waals surface area (Å²) in [6, 6.07) is 5.83. The van der Waals surface area contributed by atoms with Crippen molar-refractivity contribution in [2.75, 3.05) is 31.2 Å². The van der Waals surface area contributed by atoms with Crippen molar-refractivity contribution >= 4 is 35.1 Å². The van der Waals surface area contributed by atoms with Gasteiger partial charge in [0.15, 0.2) is 0 Å². The second kappa shape index (κ2) is 7.97. The number of anilines is 1. The van der Waals surface area contributed by atoms with Crippen LogP contribution < -0.4 is 4.90 Å².